The third-order valence-corrected chi connectivity index (χ3v) is 6.40. The summed E-state index contributed by atoms with van der Waals surface area (Å²) in [4.78, 5) is 17.2. The third kappa shape index (κ3) is 3.71. The van der Waals surface area contributed by atoms with E-state index >= 15 is 0 Å². The third-order valence-electron chi connectivity index (χ3n) is 6.40. The molecule has 0 aliphatic carbocycles. The zero-order chi connectivity index (χ0) is 22.5. The molecule has 4 nitrogen and oxygen atoms in total. The Kier molecular flexibility index (Phi) is 4.89. The van der Waals surface area contributed by atoms with Gasteiger partial charge in [-0.1, -0.05) is 19.1 Å². The van der Waals surface area contributed by atoms with Crippen molar-refractivity contribution >= 4 is 16.7 Å². The van der Waals surface area contributed by atoms with E-state index in [9.17, 15) is 18.0 Å². The van der Waals surface area contributed by atoms with Crippen molar-refractivity contribution in [3.63, 3.8) is 0 Å². The number of hydrogen-bond acceptors (Lipinski definition) is 3. The zero-order valence-electron chi connectivity index (χ0n) is 17.7. The lowest BCUT2D eigenvalue weighted by atomic mass is 9.72. The van der Waals surface area contributed by atoms with Crippen LogP contribution in [0.25, 0.3) is 10.8 Å². The molecule has 0 atom stereocenters. The molecular weight excluding hydrogens is 417 g/mol. The molecule has 5 rings (SSSR count). The molecule has 166 valence electrons. The van der Waals surface area contributed by atoms with E-state index in [1.165, 1.54) is 12.1 Å². The number of benzene rings is 3. The summed E-state index contributed by atoms with van der Waals surface area (Å²) in [6.07, 6.45) is -4.38. The molecule has 0 bridgehead atoms. The molecule has 2 aliphatic heterocycles. The number of halogens is 3. The number of rotatable bonds is 4. The van der Waals surface area contributed by atoms with Gasteiger partial charge in [0.1, 0.15) is 11.5 Å². The summed E-state index contributed by atoms with van der Waals surface area (Å²) in [5, 5.41) is 1.64. The van der Waals surface area contributed by atoms with E-state index in [-0.39, 0.29) is 11.3 Å². The van der Waals surface area contributed by atoms with Crippen LogP contribution in [0.15, 0.2) is 60.7 Å². The number of carbonyl (C=O) groups excluding carboxylic acids is 1. The van der Waals surface area contributed by atoms with Crippen LogP contribution in [0.5, 0.6) is 11.5 Å². The second-order valence-electron chi connectivity index (χ2n) is 8.78. The monoisotopic (exact) mass is 440 g/mol. The van der Waals surface area contributed by atoms with Crippen molar-refractivity contribution in [2.24, 2.45) is 5.41 Å². The largest absolute Gasteiger partial charge is 0.457 e. The molecule has 3 aromatic rings. The fourth-order valence-corrected chi connectivity index (χ4v) is 4.73. The van der Waals surface area contributed by atoms with Crippen molar-refractivity contribution in [1.29, 1.82) is 0 Å². The van der Waals surface area contributed by atoms with Crippen LogP contribution in [0.4, 0.5) is 13.2 Å². The van der Waals surface area contributed by atoms with Gasteiger partial charge in [0.15, 0.2) is 0 Å². The topological polar surface area (TPSA) is 32.8 Å². The van der Waals surface area contributed by atoms with E-state index in [0.29, 0.717) is 17.1 Å². The van der Waals surface area contributed by atoms with Crippen LogP contribution in [-0.4, -0.2) is 48.4 Å². The second kappa shape index (κ2) is 7.52. The van der Waals surface area contributed by atoms with Crippen LogP contribution in [0.2, 0.25) is 0 Å². The Morgan fingerprint density at radius 2 is 1.72 bits per heavy atom. The van der Waals surface area contributed by atoms with Crippen molar-refractivity contribution in [3.05, 3.63) is 71.8 Å². The van der Waals surface area contributed by atoms with Gasteiger partial charge in [-0.15, -0.1) is 0 Å². The number of carbonyl (C=O) groups is 1. The summed E-state index contributed by atoms with van der Waals surface area (Å²) in [5.41, 5.74) is 0.194. The van der Waals surface area contributed by atoms with Gasteiger partial charge in [0, 0.05) is 42.5 Å². The van der Waals surface area contributed by atoms with Gasteiger partial charge < -0.3 is 14.5 Å². The highest BCUT2D eigenvalue weighted by molar-refractivity contribution is 6.00. The number of fused-ring (bicyclic) bond motifs is 1. The number of nitrogens with zero attached hydrogens (tertiary/aromatic N) is 2. The maximum atomic E-state index is 12.9. The Labute approximate surface area is 184 Å². The van der Waals surface area contributed by atoms with Crippen LogP contribution in [0.3, 0.4) is 0 Å². The van der Waals surface area contributed by atoms with Gasteiger partial charge in [0.05, 0.1) is 5.56 Å². The van der Waals surface area contributed by atoms with Crippen molar-refractivity contribution in [1.82, 2.24) is 9.80 Å². The molecule has 0 saturated carbocycles. The Bertz CT molecular complexity index is 1160. The van der Waals surface area contributed by atoms with Gasteiger partial charge >= 0.3 is 6.18 Å². The summed E-state index contributed by atoms with van der Waals surface area (Å²) in [6, 6.07) is 15.5. The number of amides is 1. The molecule has 2 heterocycles. The summed E-state index contributed by atoms with van der Waals surface area (Å²) < 4.78 is 44.2. The first kappa shape index (κ1) is 20.8. The van der Waals surface area contributed by atoms with Crippen molar-refractivity contribution in [3.8, 4) is 11.5 Å². The minimum Gasteiger partial charge on any atom is -0.457 e. The lowest BCUT2D eigenvalue weighted by Crippen LogP contribution is -2.72. The quantitative estimate of drug-likeness (QED) is 0.543. The highest BCUT2D eigenvalue weighted by Gasteiger charge is 2.52. The average Bonchev–Trinajstić information content (AvgIpc) is 2.71. The normalized spacial score (nSPS) is 17.8. The second-order valence-corrected chi connectivity index (χ2v) is 8.78. The predicted octanol–water partition coefficient (Wildman–Crippen LogP) is 5.43. The fourth-order valence-electron chi connectivity index (χ4n) is 4.73. The molecule has 1 amide bonds. The number of alkyl halides is 3. The summed E-state index contributed by atoms with van der Waals surface area (Å²) in [6.45, 7) is 6.94. The molecule has 2 aliphatic rings. The zero-order valence-corrected chi connectivity index (χ0v) is 17.7. The van der Waals surface area contributed by atoms with Crippen LogP contribution in [0.1, 0.15) is 22.8 Å². The molecule has 0 unspecified atom stereocenters. The Balaban J connectivity index is 1.31. The van der Waals surface area contributed by atoms with E-state index in [4.69, 9.17) is 4.74 Å². The first-order valence-electron chi connectivity index (χ1n) is 10.7. The molecule has 2 saturated heterocycles. The molecule has 2 fully saturated rings. The van der Waals surface area contributed by atoms with E-state index in [0.717, 1.165) is 55.6 Å². The molecule has 32 heavy (non-hydrogen) atoms. The van der Waals surface area contributed by atoms with Crippen LogP contribution in [0, 0.1) is 5.41 Å². The molecular formula is C25H23F3N2O2. The van der Waals surface area contributed by atoms with Gasteiger partial charge in [0.25, 0.3) is 5.91 Å². The van der Waals surface area contributed by atoms with Gasteiger partial charge in [-0.25, -0.2) is 0 Å². The summed E-state index contributed by atoms with van der Waals surface area (Å²) >= 11 is 0. The molecule has 3 aromatic carbocycles. The first-order chi connectivity index (χ1) is 15.3. The van der Waals surface area contributed by atoms with Crippen molar-refractivity contribution in [2.75, 3.05) is 32.7 Å². The predicted molar refractivity (Wildman–Crippen MR) is 116 cm³/mol. The molecule has 7 heteroatoms. The molecule has 0 aromatic heterocycles. The highest BCUT2D eigenvalue weighted by atomic mass is 19.4. The van der Waals surface area contributed by atoms with Crippen LogP contribution >= 0.6 is 0 Å². The van der Waals surface area contributed by atoms with Crippen molar-refractivity contribution < 1.29 is 22.7 Å². The highest BCUT2D eigenvalue weighted by Crippen LogP contribution is 2.40. The van der Waals surface area contributed by atoms with Crippen molar-refractivity contribution in [2.45, 2.75) is 13.1 Å². The Morgan fingerprint density at radius 3 is 2.38 bits per heavy atom. The molecule has 1 spiro atoms. The summed E-state index contributed by atoms with van der Waals surface area (Å²) in [5.74, 6) is 0.873. The van der Waals surface area contributed by atoms with Gasteiger partial charge in [-0.05, 0) is 60.5 Å². The maximum absolute atomic E-state index is 12.9. The Hall–Kier alpha value is -3.06. The van der Waals surface area contributed by atoms with Crippen LogP contribution < -0.4 is 4.74 Å². The van der Waals surface area contributed by atoms with E-state index < -0.39 is 11.7 Å². The average molecular weight is 440 g/mol. The number of hydrogen-bond donors (Lipinski definition) is 0. The molecule has 0 radical (unpaired) electrons. The minimum absolute atomic E-state index is 0.0292. The first-order valence-corrected chi connectivity index (χ1v) is 10.7. The Morgan fingerprint density at radius 1 is 1.00 bits per heavy atom. The lowest BCUT2D eigenvalue weighted by Gasteiger charge is -2.60. The van der Waals surface area contributed by atoms with Gasteiger partial charge in [-0.3, -0.25) is 4.79 Å². The maximum Gasteiger partial charge on any atom is 0.416 e. The minimum atomic E-state index is -4.38. The molecule has 0 N–H and O–H groups in total. The SMILES string of the molecule is CCN1CC2(C1)CN(C(=O)c1ccc3c(Oc4ccc(C(F)(F)F)cc4)cccc3c1)C2. The van der Waals surface area contributed by atoms with E-state index in [2.05, 4.69) is 11.8 Å². The smallest absolute Gasteiger partial charge is 0.416 e. The fraction of sp³-hybridized carbons (Fsp3) is 0.320. The van der Waals surface area contributed by atoms with E-state index in [1.807, 2.05) is 29.2 Å². The number of ether oxygens (including phenoxy) is 1. The van der Waals surface area contributed by atoms with Gasteiger partial charge in [-0.2, -0.15) is 13.2 Å². The van der Waals surface area contributed by atoms with Gasteiger partial charge in [0.2, 0.25) is 0 Å². The van der Waals surface area contributed by atoms with Crippen LogP contribution in [-0.2, 0) is 6.18 Å². The lowest BCUT2D eigenvalue weighted by molar-refractivity contribution is -0.137. The van der Waals surface area contributed by atoms with E-state index in [1.54, 1.807) is 12.1 Å². The number of likely N-dealkylation sites (tertiary alicyclic amines) is 2. The standard InChI is InChI=1S/C25H23F3N2O2/c1-2-29-13-24(14-29)15-30(16-24)23(31)18-6-11-21-17(12-18)4-3-5-22(21)32-20-9-7-19(8-10-20)25(26,27)28/h3-12H,2,13-16H2,1H3. The summed E-state index contributed by atoms with van der Waals surface area (Å²) in [7, 11) is 0.